The van der Waals surface area contributed by atoms with E-state index in [4.69, 9.17) is 10.00 Å². The van der Waals surface area contributed by atoms with E-state index >= 15 is 0 Å². The molecule has 1 aromatic rings. The Morgan fingerprint density at radius 1 is 1.39 bits per heavy atom. The van der Waals surface area contributed by atoms with Crippen molar-refractivity contribution in [1.29, 1.82) is 5.26 Å². The van der Waals surface area contributed by atoms with E-state index in [2.05, 4.69) is 11.0 Å². The third-order valence-corrected chi connectivity index (χ3v) is 4.76. The average Bonchev–Trinajstić information content (AvgIpc) is 2.94. The van der Waals surface area contributed by atoms with Crippen LogP contribution in [0.25, 0.3) is 0 Å². The molecule has 124 valence electrons. The monoisotopic (exact) mass is 316 g/mol. The van der Waals surface area contributed by atoms with Crippen molar-refractivity contribution in [2.45, 2.75) is 19.4 Å². The van der Waals surface area contributed by atoms with Crippen LogP contribution in [0, 0.1) is 17.2 Å². The average molecular weight is 316 g/mol. The second kappa shape index (κ2) is 7.16. The van der Waals surface area contributed by atoms with Crippen LogP contribution in [-0.2, 0) is 23.1 Å². The highest BCUT2D eigenvalue weighted by Gasteiger charge is 2.30. The maximum Gasteiger partial charge on any atom is 0.227 e. The molecule has 0 bridgehead atoms. The SMILES string of the molecule is Cn1cc(CN2CCC[C@H](C(=O)N3CCOCC3)C2)cc1C#N. The molecule has 0 N–H and O–H groups in total. The molecule has 3 heterocycles. The summed E-state index contributed by atoms with van der Waals surface area (Å²) >= 11 is 0. The number of hydrogen-bond donors (Lipinski definition) is 0. The Kier molecular flexibility index (Phi) is 4.99. The third kappa shape index (κ3) is 3.74. The number of amides is 1. The number of carbonyl (C=O) groups is 1. The molecule has 23 heavy (non-hydrogen) atoms. The number of ether oxygens (including phenoxy) is 1. The maximum absolute atomic E-state index is 12.7. The highest BCUT2D eigenvalue weighted by Crippen LogP contribution is 2.21. The van der Waals surface area contributed by atoms with E-state index in [0.717, 1.165) is 51.1 Å². The Morgan fingerprint density at radius 3 is 2.87 bits per heavy atom. The first-order valence-electron chi connectivity index (χ1n) is 8.31. The zero-order chi connectivity index (χ0) is 16.2. The molecule has 2 saturated heterocycles. The molecule has 0 saturated carbocycles. The summed E-state index contributed by atoms with van der Waals surface area (Å²) < 4.78 is 7.19. The van der Waals surface area contributed by atoms with Crippen LogP contribution in [0.2, 0.25) is 0 Å². The number of morpholine rings is 1. The number of likely N-dealkylation sites (tertiary alicyclic amines) is 1. The van der Waals surface area contributed by atoms with E-state index in [0.29, 0.717) is 18.9 Å². The summed E-state index contributed by atoms with van der Waals surface area (Å²) in [7, 11) is 1.89. The van der Waals surface area contributed by atoms with Crippen LogP contribution in [0.3, 0.4) is 0 Å². The van der Waals surface area contributed by atoms with Gasteiger partial charge in [0, 0.05) is 39.4 Å². The van der Waals surface area contributed by atoms with E-state index in [1.54, 1.807) is 0 Å². The fourth-order valence-electron chi connectivity index (χ4n) is 3.53. The van der Waals surface area contributed by atoms with Crippen molar-refractivity contribution in [3.05, 3.63) is 23.5 Å². The number of nitriles is 1. The second-order valence-electron chi connectivity index (χ2n) is 6.47. The number of rotatable bonds is 3. The van der Waals surface area contributed by atoms with E-state index in [1.807, 2.05) is 28.8 Å². The van der Waals surface area contributed by atoms with Gasteiger partial charge in [-0.25, -0.2) is 0 Å². The van der Waals surface area contributed by atoms with Crippen molar-refractivity contribution in [1.82, 2.24) is 14.4 Å². The first-order chi connectivity index (χ1) is 11.2. The number of nitrogens with zero attached hydrogens (tertiary/aromatic N) is 4. The van der Waals surface area contributed by atoms with Gasteiger partial charge >= 0.3 is 0 Å². The fourth-order valence-corrected chi connectivity index (χ4v) is 3.53. The topological polar surface area (TPSA) is 61.5 Å². The fraction of sp³-hybridized carbons (Fsp3) is 0.647. The molecule has 0 aromatic carbocycles. The van der Waals surface area contributed by atoms with Crippen LogP contribution in [0.15, 0.2) is 12.3 Å². The minimum atomic E-state index is 0.0981. The van der Waals surface area contributed by atoms with Crippen molar-refractivity contribution in [2.24, 2.45) is 13.0 Å². The molecule has 2 fully saturated rings. The molecule has 1 atom stereocenters. The highest BCUT2D eigenvalue weighted by atomic mass is 16.5. The van der Waals surface area contributed by atoms with Gasteiger partial charge in [0.05, 0.1) is 19.1 Å². The van der Waals surface area contributed by atoms with Gasteiger partial charge in [-0.2, -0.15) is 5.26 Å². The van der Waals surface area contributed by atoms with Gasteiger partial charge in [0.15, 0.2) is 0 Å². The largest absolute Gasteiger partial charge is 0.378 e. The Hall–Kier alpha value is -1.84. The van der Waals surface area contributed by atoms with Crippen LogP contribution in [-0.4, -0.2) is 59.7 Å². The lowest BCUT2D eigenvalue weighted by atomic mass is 9.96. The van der Waals surface area contributed by atoms with E-state index in [-0.39, 0.29) is 11.8 Å². The van der Waals surface area contributed by atoms with Gasteiger partial charge < -0.3 is 14.2 Å². The summed E-state index contributed by atoms with van der Waals surface area (Å²) in [6, 6.07) is 4.13. The Bertz CT molecular complexity index is 598. The molecule has 0 aliphatic carbocycles. The summed E-state index contributed by atoms with van der Waals surface area (Å²) in [4.78, 5) is 16.9. The van der Waals surface area contributed by atoms with Gasteiger partial charge in [0.25, 0.3) is 0 Å². The predicted molar refractivity (Wildman–Crippen MR) is 85.5 cm³/mol. The molecule has 0 unspecified atom stereocenters. The van der Waals surface area contributed by atoms with Crippen LogP contribution >= 0.6 is 0 Å². The Labute approximate surface area is 137 Å². The second-order valence-corrected chi connectivity index (χ2v) is 6.47. The Morgan fingerprint density at radius 2 is 2.17 bits per heavy atom. The molecular formula is C17H24N4O2. The lowest BCUT2D eigenvalue weighted by Crippen LogP contribution is -2.48. The van der Waals surface area contributed by atoms with Gasteiger partial charge in [-0.1, -0.05) is 0 Å². The van der Waals surface area contributed by atoms with Crippen molar-refractivity contribution < 1.29 is 9.53 Å². The number of aromatic nitrogens is 1. The summed E-state index contributed by atoms with van der Waals surface area (Å²) in [5, 5.41) is 9.05. The molecule has 1 amide bonds. The van der Waals surface area contributed by atoms with E-state index in [1.165, 1.54) is 0 Å². The van der Waals surface area contributed by atoms with Crippen molar-refractivity contribution in [2.75, 3.05) is 39.4 Å². The third-order valence-electron chi connectivity index (χ3n) is 4.76. The molecule has 2 aliphatic heterocycles. The number of aryl methyl sites for hydroxylation is 1. The minimum absolute atomic E-state index is 0.0981. The minimum Gasteiger partial charge on any atom is -0.378 e. The van der Waals surface area contributed by atoms with Crippen LogP contribution in [0.4, 0.5) is 0 Å². The van der Waals surface area contributed by atoms with Crippen molar-refractivity contribution >= 4 is 5.91 Å². The van der Waals surface area contributed by atoms with Gasteiger partial charge in [-0.15, -0.1) is 0 Å². The zero-order valence-corrected chi connectivity index (χ0v) is 13.7. The lowest BCUT2D eigenvalue weighted by molar-refractivity contribution is -0.141. The first kappa shape index (κ1) is 16.0. The Balaban J connectivity index is 1.59. The van der Waals surface area contributed by atoms with Crippen molar-refractivity contribution in [3.63, 3.8) is 0 Å². The van der Waals surface area contributed by atoms with Crippen LogP contribution < -0.4 is 0 Å². The normalized spacial score (nSPS) is 22.8. The summed E-state index contributed by atoms with van der Waals surface area (Å²) in [5.41, 5.74) is 1.82. The molecule has 2 aliphatic rings. The smallest absolute Gasteiger partial charge is 0.227 e. The van der Waals surface area contributed by atoms with Crippen LogP contribution in [0.1, 0.15) is 24.1 Å². The van der Waals surface area contributed by atoms with E-state index in [9.17, 15) is 4.79 Å². The molecule has 1 aromatic heterocycles. The molecule has 0 spiro atoms. The predicted octanol–water partition coefficient (Wildman–Crippen LogP) is 0.968. The summed E-state index contributed by atoms with van der Waals surface area (Å²) in [6.07, 6.45) is 4.04. The number of hydrogen-bond acceptors (Lipinski definition) is 4. The molecular weight excluding hydrogens is 292 g/mol. The molecule has 3 rings (SSSR count). The lowest BCUT2D eigenvalue weighted by Gasteiger charge is -2.36. The van der Waals surface area contributed by atoms with Gasteiger partial charge in [-0.3, -0.25) is 9.69 Å². The summed E-state index contributed by atoms with van der Waals surface area (Å²) in [6.45, 7) is 5.39. The summed E-state index contributed by atoms with van der Waals surface area (Å²) in [5.74, 6) is 0.379. The number of piperidine rings is 1. The van der Waals surface area contributed by atoms with E-state index < -0.39 is 0 Å². The molecule has 0 radical (unpaired) electrons. The first-order valence-corrected chi connectivity index (χ1v) is 8.31. The van der Waals surface area contributed by atoms with Crippen LogP contribution in [0.5, 0.6) is 0 Å². The molecule has 6 nitrogen and oxygen atoms in total. The van der Waals surface area contributed by atoms with Gasteiger partial charge in [0.1, 0.15) is 11.8 Å². The van der Waals surface area contributed by atoms with Gasteiger partial charge in [-0.05, 0) is 31.0 Å². The standard InChI is InChI=1S/C17H24N4O2/c1-19-11-14(9-16(19)10-18)12-20-4-2-3-15(13-20)17(22)21-5-7-23-8-6-21/h9,11,15H,2-8,12-13H2,1H3/t15-/m0/s1. The quantitative estimate of drug-likeness (QED) is 0.833. The maximum atomic E-state index is 12.7. The highest BCUT2D eigenvalue weighted by molar-refractivity contribution is 5.79. The number of carbonyl (C=O) groups excluding carboxylic acids is 1. The molecule has 6 heteroatoms. The van der Waals surface area contributed by atoms with Gasteiger partial charge in [0.2, 0.25) is 5.91 Å². The zero-order valence-electron chi connectivity index (χ0n) is 13.7. The van der Waals surface area contributed by atoms with Crippen molar-refractivity contribution in [3.8, 4) is 6.07 Å².